The number of carboxylic acids is 1. The molecule has 3 N–H and O–H groups in total. The van der Waals surface area contributed by atoms with Gasteiger partial charge in [0.1, 0.15) is 0 Å². The summed E-state index contributed by atoms with van der Waals surface area (Å²) in [6.07, 6.45) is 0.569. The van der Waals surface area contributed by atoms with Crippen LogP contribution in [0.3, 0.4) is 0 Å². The highest BCUT2D eigenvalue weighted by Gasteiger charge is 2.31. The molecule has 1 atom stereocenters. The monoisotopic (exact) mass is 385 g/mol. The topological polar surface area (TPSA) is 113 Å². The molecule has 2 amide bonds. The van der Waals surface area contributed by atoms with Crippen molar-refractivity contribution in [1.29, 1.82) is 0 Å². The summed E-state index contributed by atoms with van der Waals surface area (Å²) in [5.74, 6) is -1.66. The number of hydrogen-bond donors (Lipinski definition) is 3. The smallest absolute Gasteiger partial charge is 0.321 e. The van der Waals surface area contributed by atoms with Crippen LogP contribution in [0.25, 0.3) is 0 Å². The maximum absolute atomic E-state index is 12.2. The molecule has 0 aliphatic carbocycles. The first-order chi connectivity index (χ1) is 11.3. The number of aliphatic carboxylic acids is 1. The van der Waals surface area contributed by atoms with E-state index in [1.165, 1.54) is 7.05 Å². The van der Waals surface area contributed by atoms with Crippen LogP contribution in [-0.2, 0) is 20.4 Å². The second-order valence-electron chi connectivity index (χ2n) is 4.82. The zero-order valence-electron chi connectivity index (χ0n) is 15.1. The molecule has 0 fully saturated rings. The predicted octanol–water partition coefficient (Wildman–Crippen LogP) is 2.89. The third kappa shape index (κ3) is 9.46. The highest BCUT2D eigenvalue weighted by Crippen LogP contribution is 2.17. The van der Waals surface area contributed by atoms with Crippen molar-refractivity contribution in [2.45, 2.75) is 52.0 Å². The van der Waals surface area contributed by atoms with Crippen LogP contribution in [0.1, 0.15) is 46.6 Å². The number of nitrogens with one attached hydrogen (secondary N) is 2. The maximum atomic E-state index is 12.2. The van der Waals surface area contributed by atoms with E-state index in [0.29, 0.717) is 17.7 Å². The van der Waals surface area contributed by atoms with E-state index in [1.807, 2.05) is 13.8 Å². The molecule has 0 aliphatic rings. The summed E-state index contributed by atoms with van der Waals surface area (Å²) in [7, 11) is -2.29. The summed E-state index contributed by atoms with van der Waals surface area (Å²) in [6, 6.07) is 5.85. The van der Waals surface area contributed by atoms with Crippen molar-refractivity contribution in [3.8, 4) is 0 Å². The number of anilines is 1. The molecule has 0 aromatic heterocycles. The molecule has 3 radical (unpaired) electrons. The Bertz CT molecular complexity index is 633. The second kappa shape index (κ2) is 14.2. The molecule has 0 aliphatic heterocycles. The zero-order valence-corrected chi connectivity index (χ0v) is 15.9. The Kier molecular flexibility index (Phi) is 15.7. The lowest BCUT2D eigenvalue weighted by atomic mass is 10.2. The van der Waals surface area contributed by atoms with Crippen molar-refractivity contribution in [3.05, 3.63) is 29.8 Å². The van der Waals surface area contributed by atoms with Crippen molar-refractivity contribution in [3.63, 3.8) is 0 Å². The minimum Gasteiger partial charge on any atom is -0.480 e. The van der Waals surface area contributed by atoms with Gasteiger partial charge in [-0.05, 0) is 24.1 Å². The van der Waals surface area contributed by atoms with Gasteiger partial charge in [-0.2, -0.15) is 0 Å². The van der Waals surface area contributed by atoms with Crippen LogP contribution < -0.4 is 10.6 Å². The number of urea groups is 1. The van der Waals surface area contributed by atoms with Gasteiger partial charge in [-0.1, -0.05) is 46.8 Å². The maximum Gasteiger partial charge on any atom is 0.321 e. The average molecular weight is 385 g/mol. The number of sulfone groups is 1. The first-order valence-electron chi connectivity index (χ1n) is 7.82. The molecule has 0 saturated heterocycles. The second-order valence-corrected chi connectivity index (χ2v) is 7.01. The lowest BCUT2D eigenvalue weighted by Crippen LogP contribution is -2.31. The normalized spacial score (nSPS) is 10.8. The van der Waals surface area contributed by atoms with E-state index in [2.05, 4.69) is 10.6 Å². The first kappa shape index (κ1) is 28.8. The number of carbonyl (C=O) groups is 2. The third-order valence-electron chi connectivity index (χ3n) is 3.07. The quantitative estimate of drug-likeness (QED) is 0.625. The average Bonchev–Trinajstić information content (AvgIpc) is 2.55. The number of carbonyl (C=O) groups excluding carboxylic acids is 1. The number of carboxylic acid groups (broad SMARTS) is 1. The fourth-order valence-electron chi connectivity index (χ4n) is 1.93. The van der Waals surface area contributed by atoms with Crippen molar-refractivity contribution in [2.75, 3.05) is 12.4 Å². The molecular formula is C17H30BN2O5S. The summed E-state index contributed by atoms with van der Waals surface area (Å²) < 4.78 is 24.4. The zero-order chi connectivity index (χ0) is 18.8. The van der Waals surface area contributed by atoms with Crippen LogP contribution in [-0.4, -0.2) is 46.2 Å². The standard InChI is InChI=1S/C14H20N2O5S.C2H6.CH4.B/c1-3-4-12(13(17)18)22(20,21)9-10-5-7-11(8-6-10)16-14(19)15-2;1-2;;/h5-8,12H,3-4,9H2,1-2H3,(H,17,18)(H2,15,16,19);1-2H3;1H4;. The molecule has 0 saturated carbocycles. The summed E-state index contributed by atoms with van der Waals surface area (Å²) in [5, 5.41) is 12.6. The fraction of sp³-hybridized carbons (Fsp3) is 0.529. The minimum atomic E-state index is -3.78. The molecule has 0 heterocycles. The molecule has 7 nitrogen and oxygen atoms in total. The molecule has 9 heteroatoms. The van der Waals surface area contributed by atoms with E-state index in [4.69, 9.17) is 5.11 Å². The number of benzene rings is 1. The number of rotatable bonds is 7. The lowest BCUT2D eigenvalue weighted by Gasteiger charge is -2.13. The van der Waals surface area contributed by atoms with Gasteiger partial charge in [0.25, 0.3) is 0 Å². The van der Waals surface area contributed by atoms with Crippen LogP contribution in [0.4, 0.5) is 10.5 Å². The van der Waals surface area contributed by atoms with Gasteiger partial charge in [-0.3, -0.25) is 4.79 Å². The van der Waals surface area contributed by atoms with Crippen LogP contribution in [0.15, 0.2) is 24.3 Å². The van der Waals surface area contributed by atoms with Crippen LogP contribution in [0, 0.1) is 0 Å². The van der Waals surface area contributed by atoms with Crippen LogP contribution in [0.2, 0.25) is 0 Å². The Morgan fingerprint density at radius 2 is 1.65 bits per heavy atom. The SMILES string of the molecule is C.CC.CCCC(C(=O)O)S(=O)(=O)Cc1ccc(NC(=O)NC)cc1.[B]. The van der Waals surface area contributed by atoms with E-state index >= 15 is 0 Å². The number of amides is 2. The predicted molar refractivity (Wildman–Crippen MR) is 107 cm³/mol. The summed E-state index contributed by atoms with van der Waals surface area (Å²) in [6.45, 7) is 5.74. The molecule has 0 spiro atoms. The van der Waals surface area contributed by atoms with Gasteiger partial charge in [0.2, 0.25) is 0 Å². The van der Waals surface area contributed by atoms with Gasteiger partial charge < -0.3 is 15.7 Å². The van der Waals surface area contributed by atoms with Gasteiger partial charge in [-0.25, -0.2) is 13.2 Å². The highest BCUT2D eigenvalue weighted by molar-refractivity contribution is 7.92. The molecule has 1 aromatic carbocycles. The molecule has 147 valence electrons. The van der Waals surface area contributed by atoms with Gasteiger partial charge in [0, 0.05) is 21.1 Å². The molecule has 0 bridgehead atoms. The molecular weight excluding hydrogens is 355 g/mol. The van der Waals surface area contributed by atoms with E-state index < -0.39 is 21.1 Å². The summed E-state index contributed by atoms with van der Waals surface area (Å²) in [5.41, 5.74) is 0.994. The van der Waals surface area contributed by atoms with E-state index in [0.717, 1.165) is 0 Å². The highest BCUT2D eigenvalue weighted by atomic mass is 32.2. The van der Waals surface area contributed by atoms with Gasteiger partial charge >= 0.3 is 12.0 Å². The summed E-state index contributed by atoms with van der Waals surface area (Å²) >= 11 is 0. The molecule has 1 aromatic rings. The van der Waals surface area contributed by atoms with E-state index in [-0.39, 0.29) is 34.0 Å². The molecule has 26 heavy (non-hydrogen) atoms. The lowest BCUT2D eigenvalue weighted by molar-refractivity contribution is -0.136. The van der Waals surface area contributed by atoms with E-state index in [1.54, 1.807) is 31.2 Å². The van der Waals surface area contributed by atoms with Crippen molar-refractivity contribution in [1.82, 2.24) is 5.32 Å². The van der Waals surface area contributed by atoms with Gasteiger partial charge in [0.05, 0.1) is 5.75 Å². The summed E-state index contributed by atoms with van der Waals surface area (Å²) in [4.78, 5) is 22.2. The van der Waals surface area contributed by atoms with Crippen LogP contribution in [0.5, 0.6) is 0 Å². The van der Waals surface area contributed by atoms with Crippen molar-refractivity contribution >= 4 is 35.9 Å². The Hall–Kier alpha value is -2.03. The van der Waals surface area contributed by atoms with Crippen molar-refractivity contribution < 1.29 is 23.1 Å². The van der Waals surface area contributed by atoms with Gasteiger partial charge in [0.15, 0.2) is 15.1 Å². The molecule has 1 unspecified atom stereocenters. The Labute approximate surface area is 159 Å². The van der Waals surface area contributed by atoms with E-state index in [9.17, 15) is 18.0 Å². The van der Waals surface area contributed by atoms with Crippen LogP contribution >= 0.6 is 0 Å². The van der Waals surface area contributed by atoms with Crippen molar-refractivity contribution in [2.24, 2.45) is 0 Å². The largest absolute Gasteiger partial charge is 0.480 e. The molecule has 1 rings (SSSR count). The first-order valence-corrected chi connectivity index (χ1v) is 9.53. The third-order valence-corrected chi connectivity index (χ3v) is 5.11. The Morgan fingerprint density at radius 3 is 2.04 bits per heavy atom. The fourth-order valence-corrected chi connectivity index (χ4v) is 3.69. The Morgan fingerprint density at radius 1 is 1.15 bits per heavy atom. The minimum absolute atomic E-state index is 0. The number of hydrogen-bond acceptors (Lipinski definition) is 4. The van der Waals surface area contributed by atoms with Gasteiger partial charge in [-0.15, -0.1) is 0 Å². The Balaban J connectivity index is -0.00000127.